The highest BCUT2D eigenvalue weighted by molar-refractivity contribution is 9.10. The summed E-state index contributed by atoms with van der Waals surface area (Å²) in [5.41, 5.74) is 1.28. The maximum atomic E-state index is 5.92. The Morgan fingerprint density at radius 1 is 1.26 bits per heavy atom. The van der Waals surface area contributed by atoms with Gasteiger partial charge in [-0.1, -0.05) is 33.3 Å². The Morgan fingerprint density at radius 2 is 2.00 bits per heavy atom. The quantitative estimate of drug-likeness (QED) is 0.743. The normalized spacial score (nSPS) is 12.7. The molecular weight excluding hydrogens is 302 g/mol. The Bertz CT molecular complexity index is 379. The molecule has 1 aromatic carbocycles. The van der Waals surface area contributed by atoms with Crippen LogP contribution in [0, 0.1) is 5.92 Å². The highest BCUT2D eigenvalue weighted by Crippen LogP contribution is 2.27. The van der Waals surface area contributed by atoms with Gasteiger partial charge < -0.3 is 10.1 Å². The third-order valence-electron chi connectivity index (χ3n) is 2.90. The summed E-state index contributed by atoms with van der Waals surface area (Å²) in [5, 5.41) is 3.45. The molecule has 108 valence electrons. The van der Waals surface area contributed by atoms with E-state index in [-0.39, 0.29) is 6.10 Å². The van der Waals surface area contributed by atoms with Crippen molar-refractivity contribution in [1.29, 1.82) is 0 Å². The van der Waals surface area contributed by atoms with Gasteiger partial charge in [0.1, 0.15) is 5.75 Å². The molecule has 0 aromatic heterocycles. The first-order valence-electron chi connectivity index (χ1n) is 7.18. The van der Waals surface area contributed by atoms with Crippen molar-refractivity contribution < 1.29 is 4.74 Å². The Morgan fingerprint density at radius 3 is 2.58 bits per heavy atom. The molecule has 2 nitrogen and oxygen atoms in total. The summed E-state index contributed by atoms with van der Waals surface area (Å²) in [5.74, 6) is 1.62. The standard InChI is InChI=1S/C16H26BrNO/c1-5-6-13(4)19-16-8-7-14(9-15(16)17)11-18-10-12(2)3/h7-9,12-13,18H,5-6,10-11H2,1-4H3. The minimum absolute atomic E-state index is 0.270. The smallest absolute Gasteiger partial charge is 0.133 e. The molecule has 1 N–H and O–H groups in total. The van der Waals surface area contributed by atoms with Crippen molar-refractivity contribution in [2.45, 2.75) is 53.2 Å². The summed E-state index contributed by atoms with van der Waals surface area (Å²) < 4.78 is 6.96. The predicted molar refractivity (Wildman–Crippen MR) is 85.7 cm³/mol. The number of benzene rings is 1. The van der Waals surface area contributed by atoms with Crippen LogP contribution < -0.4 is 10.1 Å². The summed E-state index contributed by atoms with van der Waals surface area (Å²) in [6, 6.07) is 6.33. The maximum Gasteiger partial charge on any atom is 0.133 e. The van der Waals surface area contributed by atoms with Gasteiger partial charge in [0.15, 0.2) is 0 Å². The van der Waals surface area contributed by atoms with Crippen LogP contribution >= 0.6 is 15.9 Å². The lowest BCUT2D eigenvalue weighted by Gasteiger charge is -2.16. The van der Waals surface area contributed by atoms with Crippen molar-refractivity contribution in [1.82, 2.24) is 5.32 Å². The Labute approximate surface area is 126 Å². The van der Waals surface area contributed by atoms with Crippen LogP contribution in [0.4, 0.5) is 0 Å². The zero-order valence-corrected chi connectivity index (χ0v) is 14.1. The number of rotatable bonds is 8. The number of nitrogens with one attached hydrogen (secondary N) is 1. The van der Waals surface area contributed by atoms with Crippen molar-refractivity contribution in [3.8, 4) is 5.75 Å². The van der Waals surface area contributed by atoms with E-state index in [1.54, 1.807) is 0 Å². The number of hydrogen-bond donors (Lipinski definition) is 1. The fourth-order valence-electron chi connectivity index (χ4n) is 1.94. The monoisotopic (exact) mass is 327 g/mol. The van der Waals surface area contributed by atoms with E-state index in [2.05, 4.69) is 67.1 Å². The van der Waals surface area contributed by atoms with Crippen molar-refractivity contribution in [3.05, 3.63) is 28.2 Å². The minimum Gasteiger partial charge on any atom is -0.490 e. The van der Waals surface area contributed by atoms with Gasteiger partial charge in [-0.2, -0.15) is 0 Å². The van der Waals surface area contributed by atoms with Crippen LogP contribution in [-0.2, 0) is 6.54 Å². The van der Waals surface area contributed by atoms with Gasteiger partial charge in [0.05, 0.1) is 10.6 Å². The summed E-state index contributed by atoms with van der Waals surface area (Å²) in [6.45, 7) is 10.7. The van der Waals surface area contributed by atoms with Gasteiger partial charge >= 0.3 is 0 Å². The van der Waals surface area contributed by atoms with Gasteiger partial charge in [0, 0.05) is 6.54 Å². The van der Waals surface area contributed by atoms with Crippen LogP contribution in [0.5, 0.6) is 5.75 Å². The molecule has 0 aliphatic heterocycles. The Balaban J connectivity index is 2.54. The van der Waals surface area contributed by atoms with Gasteiger partial charge in [0.25, 0.3) is 0 Å². The molecule has 1 atom stereocenters. The van der Waals surface area contributed by atoms with E-state index < -0.39 is 0 Å². The summed E-state index contributed by atoms with van der Waals surface area (Å²) in [7, 11) is 0. The third-order valence-corrected chi connectivity index (χ3v) is 3.52. The van der Waals surface area contributed by atoms with E-state index in [1.807, 2.05) is 0 Å². The summed E-state index contributed by atoms with van der Waals surface area (Å²) in [4.78, 5) is 0. The van der Waals surface area contributed by atoms with Crippen LogP contribution in [0.15, 0.2) is 22.7 Å². The van der Waals surface area contributed by atoms with Crippen LogP contribution in [0.25, 0.3) is 0 Å². The SMILES string of the molecule is CCCC(C)Oc1ccc(CNCC(C)C)cc1Br. The van der Waals surface area contributed by atoms with E-state index in [9.17, 15) is 0 Å². The van der Waals surface area contributed by atoms with E-state index in [1.165, 1.54) is 5.56 Å². The molecule has 1 unspecified atom stereocenters. The topological polar surface area (TPSA) is 21.3 Å². The molecule has 0 radical (unpaired) electrons. The highest BCUT2D eigenvalue weighted by Gasteiger charge is 2.07. The van der Waals surface area contributed by atoms with E-state index in [4.69, 9.17) is 4.74 Å². The van der Waals surface area contributed by atoms with Crippen molar-refractivity contribution >= 4 is 15.9 Å². The van der Waals surface area contributed by atoms with Crippen molar-refractivity contribution in [2.75, 3.05) is 6.54 Å². The number of hydrogen-bond acceptors (Lipinski definition) is 2. The van der Waals surface area contributed by atoms with Crippen molar-refractivity contribution in [3.63, 3.8) is 0 Å². The molecule has 0 fully saturated rings. The molecule has 0 aliphatic carbocycles. The van der Waals surface area contributed by atoms with Gasteiger partial charge in [-0.3, -0.25) is 0 Å². The van der Waals surface area contributed by atoms with E-state index >= 15 is 0 Å². The average Bonchev–Trinajstić information content (AvgIpc) is 2.32. The molecule has 0 heterocycles. The fourth-order valence-corrected chi connectivity index (χ4v) is 2.46. The second-order valence-corrected chi connectivity index (χ2v) is 6.36. The van der Waals surface area contributed by atoms with Crippen LogP contribution in [0.1, 0.15) is 46.1 Å². The molecule has 19 heavy (non-hydrogen) atoms. The van der Waals surface area contributed by atoms with Gasteiger partial charge in [-0.05, 0) is 59.4 Å². The molecule has 0 spiro atoms. The average molecular weight is 328 g/mol. The van der Waals surface area contributed by atoms with Crippen LogP contribution in [0.3, 0.4) is 0 Å². The highest BCUT2D eigenvalue weighted by atomic mass is 79.9. The van der Waals surface area contributed by atoms with Crippen molar-refractivity contribution in [2.24, 2.45) is 5.92 Å². The predicted octanol–water partition coefficient (Wildman–Crippen LogP) is 4.76. The zero-order valence-electron chi connectivity index (χ0n) is 12.5. The Kier molecular flexibility index (Phi) is 7.47. The third kappa shape index (κ3) is 6.44. The zero-order chi connectivity index (χ0) is 14.3. The lowest BCUT2D eigenvalue weighted by atomic mass is 10.2. The lowest BCUT2D eigenvalue weighted by molar-refractivity contribution is 0.208. The first kappa shape index (κ1) is 16.5. The largest absolute Gasteiger partial charge is 0.490 e. The summed E-state index contributed by atoms with van der Waals surface area (Å²) >= 11 is 3.59. The molecule has 0 saturated heterocycles. The second kappa shape index (κ2) is 8.60. The van der Waals surface area contributed by atoms with Crippen LogP contribution in [-0.4, -0.2) is 12.6 Å². The fraction of sp³-hybridized carbons (Fsp3) is 0.625. The first-order valence-corrected chi connectivity index (χ1v) is 7.98. The first-order chi connectivity index (χ1) is 9.02. The summed E-state index contributed by atoms with van der Waals surface area (Å²) in [6.07, 6.45) is 2.51. The lowest BCUT2D eigenvalue weighted by Crippen LogP contribution is -2.19. The molecule has 3 heteroatoms. The van der Waals surface area contributed by atoms with Gasteiger partial charge in [0.2, 0.25) is 0 Å². The van der Waals surface area contributed by atoms with E-state index in [0.717, 1.165) is 36.2 Å². The van der Waals surface area contributed by atoms with Gasteiger partial charge in [-0.15, -0.1) is 0 Å². The molecular formula is C16H26BrNO. The molecule has 0 saturated carbocycles. The molecule has 1 aromatic rings. The van der Waals surface area contributed by atoms with Crippen LogP contribution in [0.2, 0.25) is 0 Å². The minimum atomic E-state index is 0.270. The number of halogens is 1. The van der Waals surface area contributed by atoms with Gasteiger partial charge in [-0.25, -0.2) is 0 Å². The maximum absolute atomic E-state index is 5.92. The molecule has 1 rings (SSSR count). The Hall–Kier alpha value is -0.540. The second-order valence-electron chi connectivity index (χ2n) is 5.51. The molecule has 0 aliphatic rings. The molecule has 0 bridgehead atoms. The molecule has 0 amide bonds. The van der Waals surface area contributed by atoms with E-state index in [0.29, 0.717) is 5.92 Å². The number of ether oxygens (including phenoxy) is 1.